The van der Waals surface area contributed by atoms with Crippen molar-refractivity contribution in [2.24, 2.45) is 5.92 Å². The number of para-hydroxylation sites is 1. The first-order chi connectivity index (χ1) is 13.7. The first-order valence-electron chi connectivity index (χ1n) is 9.78. The smallest absolute Gasteiger partial charge is 0.257 e. The highest BCUT2D eigenvalue weighted by molar-refractivity contribution is 5.97. The Morgan fingerprint density at radius 1 is 1.21 bits per heavy atom. The summed E-state index contributed by atoms with van der Waals surface area (Å²) in [7, 11) is 1.58. The number of nitrogens with zero attached hydrogens (tertiary/aromatic N) is 3. The van der Waals surface area contributed by atoms with Gasteiger partial charge in [-0.1, -0.05) is 18.2 Å². The summed E-state index contributed by atoms with van der Waals surface area (Å²) in [5, 5.41) is 0. The number of likely N-dealkylation sites (tertiary alicyclic amines) is 2. The van der Waals surface area contributed by atoms with Gasteiger partial charge in [-0.15, -0.1) is 0 Å². The van der Waals surface area contributed by atoms with Crippen molar-refractivity contribution in [3.63, 3.8) is 0 Å². The molecule has 0 spiro atoms. The maximum atomic E-state index is 13.0. The van der Waals surface area contributed by atoms with Crippen LogP contribution in [0, 0.1) is 5.92 Å². The van der Waals surface area contributed by atoms with Gasteiger partial charge in [-0.05, 0) is 42.5 Å². The number of fused-ring (bicyclic) bond motifs is 1. The quantitative estimate of drug-likeness (QED) is 0.820. The second kappa shape index (κ2) is 8.00. The number of pyridine rings is 1. The summed E-state index contributed by atoms with van der Waals surface area (Å²) in [6.45, 7) is 1.92. The Morgan fingerprint density at radius 3 is 2.86 bits per heavy atom. The molecular formula is C22H25N3O3. The zero-order chi connectivity index (χ0) is 19.5. The molecule has 6 nitrogen and oxygen atoms in total. The number of methoxy groups -OCH3 is 1. The Labute approximate surface area is 165 Å². The van der Waals surface area contributed by atoms with E-state index in [0.717, 1.165) is 18.4 Å². The molecule has 2 aliphatic heterocycles. The fraction of sp³-hybridized carbons (Fsp3) is 0.409. The van der Waals surface area contributed by atoms with Crippen LogP contribution in [0.2, 0.25) is 0 Å². The molecule has 28 heavy (non-hydrogen) atoms. The van der Waals surface area contributed by atoms with Gasteiger partial charge in [0.2, 0.25) is 5.91 Å². The highest BCUT2D eigenvalue weighted by Gasteiger charge is 2.40. The Balaban J connectivity index is 1.48. The van der Waals surface area contributed by atoms with E-state index in [1.165, 1.54) is 0 Å². The molecule has 1 aromatic carbocycles. The number of ether oxygens (including phenoxy) is 1. The number of piperidine rings is 2. The SMILES string of the molecule is COc1ccccc1C(=O)N1CC[C@H]2[C@H](CCC(=O)N2Cc2cccnc2)C1. The van der Waals surface area contributed by atoms with Crippen molar-refractivity contribution in [2.45, 2.75) is 31.8 Å². The van der Waals surface area contributed by atoms with E-state index in [9.17, 15) is 9.59 Å². The summed E-state index contributed by atoms with van der Waals surface area (Å²) < 4.78 is 5.36. The van der Waals surface area contributed by atoms with E-state index >= 15 is 0 Å². The number of benzene rings is 1. The minimum absolute atomic E-state index is 0.00612. The average molecular weight is 379 g/mol. The number of amides is 2. The minimum Gasteiger partial charge on any atom is -0.496 e. The van der Waals surface area contributed by atoms with Gasteiger partial charge in [0.1, 0.15) is 5.75 Å². The van der Waals surface area contributed by atoms with Crippen LogP contribution >= 0.6 is 0 Å². The van der Waals surface area contributed by atoms with Crippen molar-refractivity contribution in [3.05, 3.63) is 59.9 Å². The Kier molecular flexibility index (Phi) is 5.28. The summed E-state index contributed by atoms with van der Waals surface area (Å²) >= 11 is 0. The van der Waals surface area contributed by atoms with Gasteiger partial charge in [-0.25, -0.2) is 0 Å². The van der Waals surface area contributed by atoms with E-state index in [0.29, 0.717) is 43.3 Å². The Morgan fingerprint density at radius 2 is 2.07 bits per heavy atom. The molecule has 0 saturated carbocycles. The number of hydrogen-bond donors (Lipinski definition) is 0. The Hall–Kier alpha value is -2.89. The molecule has 0 unspecified atom stereocenters. The van der Waals surface area contributed by atoms with Crippen LogP contribution in [-0.2, 0) is 11.3 Å². The van der Waals surface area contributed by atoms with E-state index in [1.807, 2.05) is 52.4 Å². The molecule has 146 valence electrons. The van der Waals surface area contributed by atoms with Crippen LogP contribution in [0.15, 0.2) is 48.8 Å². The predicted molar refractivity (Wildman–Crippen MR) is 105 cm³/mol. The van der Waals surface area contributed by atoms with Gasteiger partial charge in [0, 0.05) is 44.5 Å². The van der Waals surface area contributed by atoms with Gasteiger partial charge in [-0.3, -0.25) is 14.6 Å². The second-order valence-electron chi connectivity index (χ2n) is 7.49. The minimum atomic E-state index is 0.00612. The lowest BCUT2D eigenvalue weighted by atomic mass is 9.83. The fourth-order valence-electron chi connectivity index (χ4n) is 4.42. The molecule has 2 amide bonds. The molecule has 2 saturated heterocycles. The maximum absolute atomic E-state index is 13.0. The molecule has 3 heterocycles. The van der Waals surface area contributed by atoms with Gasteiger partial charge in [0.15, 0.2) is 0 Å². The van der Waals surface area contributed by atoms with Crippen LogP contribution < -0.4 is 4.74 Å². The molecule has 0 aliphatic carbocycles. The fourth-order valence-corrected chi connectivity index (χ4v) is 4.42. The maximum Gasteiger partial charge on any atom is 0.257 e. The van der Waals surface area contributed by atoms with Crippen molar-refractivity contribution in [2.75, 3.05) is 20.2 Å². The third kappa shape index (κ3) is 3.59. The largest absolute Gasteiger partial charge is 0.496 e. The zero-order valence-corrected chi connectivity index (χ0v) is 16.1. The molecule has 0 N–H and O–H groups in total. The summed E-state index contributed by atoms with van der Waals surface area (Å²) in [5.41, 5.74) is 1.64. The third-order valence-corrected chi connectivity index (χ3v) is 5.84. The number of aromatic nitrogens is 1. The van der Waals surface area contributed by atoms with Gasteiger partial charge in [-0.2, -0.15) is 0 Å². The van der Waals surface area contributed by atoms with Crippen LogP contribution in [0.5, 0.6) is 5.75 Å². The van der Waals surface area contributed by atoms with Crippen molar-refractivity contribution in [3.8, 4) is 5.75 Å². The molecule has 0 radical (unpaired) electrons. The van der Waals surface area contributed by atoms with Crippen LogP contribution in [0.4, 0.5) is 0 Å². The van der Waals surface area contributed by atoms with Crippen LogP contribution in [0.3, 0.4) is 0 Å². The first kappa shape index (κ1) is 18.5. The number of carbonyl (C=O) groups excluding carboxylic acids is 2. The summed E-state index contributed by atoms with van der Waals surface area (Å²) in [5.74, 6) is 1.12. The third-order valence-electron chi connectivity index (χ3n) is 5.84. The topological polar surface area (TPSA) is 62.7 Å². The van der Waals surface area contributed by atoms with E-state index in [2.05, 4.69) is 4.98 Å². The highest BCUT2D eigenvalue weighted by atomic mass is 16.5. The van der Waals surface area contributed by atoms with Crippen LogP contribution in [0.1, 0.15) is 35.2 Å². The molecule has 0 bridgehead atoms. The molecule has 2 fully saturated rings. The Bertz CT molecular complexity index is 855. The number of rotatable bonds is 4. The van der Waals surface area contributed by atoms with Gasteiger partial charge >= 0.3 is 0 Å². The van der Waals surface area contributed by atoms with Crippen LogP contribution in [-0.4, -0.2) is 52.8 Å². The molecule has 2 aromatic rings. The van der Waals surface area contributed by atoms with Crippen molar-refractivity contribution in [1.29, 1.82) is 0 Å². The molecule has 2 atom stereocenters. The molecule has 6 heteroatoms. The molecule has 4 rings (SSSR count). The monoisotopic (exact) mass is 379 g/mol. The summed E-state index contributed by atoms with van der Waals surface area (Å²) in [6.07, 6.45) is 5.74. The molecule has 2 aliphatic rings. The van der Waals surface area contributed by atoms with E-state index in [-0.39, 0.29) is 17.9 Å². The zero-order valence-electron chi connectivity index (χ0n) is 16.1. The lowest BCUT2D eigenvalue weighted by Crippen LogP contribution is -2.56. The lowest BCUT2D eigenvalue weighted by Gasteiger charge is -2.47. The van der Waals surface area contributed by atoms with Crippen molar-refractivity contribution < 1.29 is 14.3 Å². The van der Waals surface area contributed by atoms with Gasteiger partial charge < -0.3 is 14.5 Å². The second-order valence-corrected chi connectivity index (χ2v) is 7.49. The van der Waals surface area contributed by atoms with E-state index in [4.69, 9.17) is 4.74 Å². The predicted octanol–water partition coefficient (Wildman–Crippen LogP) is 2.74. The van der Waals surface area contributed by atoms with Crippen molar-refractivity contribution in [1.82, 2.24) is 14.8 Å². The first-order valence-corrected chi connectivity index (χ1v) is 9.78. The number of hydrogen-bond acceptors (Lipinski definition) is 4. The van der Waals surface area contributed by atoms with E-state index in [1.54, 1.807) is 13.3 Å². The van der Waals surface area contributed by atoms with Crippen molar-refractivity contribution >= 4 is 11.8 Å². The summed E-state index contributed by atoms with van der Waals surface area (Å²) in [4.78, 5) is 33.7. The highest BCUT2D eigenvalue weighted by Crippen LogP contribution is 2.33. The lowest BCUT2D eigenvalue weighted by molar-refractivity contribution is -0.141. The van der Waals surface area contributed by atoms with Gasteiger partial charge in [0.05, 0.1) is 12.7 Å². The summed E-state index contributed by atoms with van der Waals surface area (Å²) in [6, 6.07) is 11.4. The number of carbonyl (C=O) groups is 2. The molecule has 1 aromatic heterocycles. The standard InChI is InChI=1S/C22H25N3O3/c1-28-20-7-3-2-6-18(20)22(27)24-12-10-19-17(15-24)8-9-21(26)25(19)14-16-5-4-11-23-13-16/h2-7,11,13,17,19H,8-10,12,14-15H2,1H3/t17-,19+/m1/s1. The normalized spacial score (nSPS) is 22.0. The van der Waals surface area contributed by atoms with E-state index < -0.39 is 0 Å². The van der Waals surface area contributed by atoms with Crippen LogP contribution in [0.25, 0.3) is 0 Å². The average Bonchev–Trinajstić information content (AvgIpc) is 2.75. The van der Waals surface area contributed by atoms with Gasteiger partial charge in [0.25, 0.3) is 5.91 Å². The molecular weight excluding hydrogens is 354 g/mol.